The maximum absolute atomic E-state index is 13.3. The number of rotatable bonds is 14. The molecule has 1 atom stereocenters. The number of carbonyl (C=O) groups is 1. The van der Waals surface area contributed by atoms with Crippen molar-refractivity contribution < 1.29 is 27.6 Å². The van der Waals surface area contributed by atoms with Gasteiger partial charge in [-0.25, -0.2) is 8.63 Å². The van der Waals surface area contributed by atoms with E-state index in [-0.39, 0.29) is 17.1 Å². The van der Waals surface area contributed by atoms with Crippen LogP contribution in [-0.4, -0.2) is 26.5 Å². The van der Waals surface area contributed by atoms with E-state index in [2.05, 4.69) is 13.8 Å². The van der Waals surface area contributed by atoms with Gasteiger partial charge in [0.1, 0.15) is 17.3 Å². The number of Topliss-reactive ketones (excluding diaryl/α,β-unsaturated/α-hetero) is 1. The lowest BCUT2D eigenvalue weighted by Crippen LogP contribution is -2.19. The highest BCUT2D eigenvalue weighted by molar-refractivity contribution is 6.35. The Kier molecular flexibility index (Phi) is 11.0. The summed E-state index contributed by atoms with van der Waals surface area (Å²) >= 11 is 0. The summed E-state index contributed by atoms with van der Waals surface area (Å²) in [7, 11) is -3.03. The van der Waals surface area contributed by atoms with E-state index in [1.54, 1.807) is 6.08 Å². The normalized spacial score (nSPS) is 15.5. The van der Waals surface area contributed by atoms with Crippen LogP contribution in [0.3, 0.4) is 0 Å². The highest BCUT2D eigenvalue weighted by atomic mass is 19.2. The molecule has 196 valence electrons. The van der Waals surface area contributed by atoms with Crippen LogP contribution in [0.1, 0.15) is 69.9 Å². The number of carbonyl (C=O) groups excluding carboxylic acids is 1. The monoisotopic (exact) mass is 508 g/mol. The third-order valence-corrected chi connectivity index (χ3v) is 6.13. The number of hydrogen-bond acceptors (Lipinski definition) is 4. The van der Waals surface area contributed by atoms with Crippen molar-refractivity contribution in [3.8, 4) is 11.5 Å². The molecule has 0 radical (unpaired) electrons. The molecule has 0 aliphatic heterocycles. The Balaban J connectivity index is 1.87. The van der Waals surface area contributed by atoms with Gasteiger partial charge in [0, 0.05) is 11.5 Å². The van der Waals surface area contributed by atoms with Crippen molar-refractivity contribution in [2.75, 3.05) is 13.2 Å². The lowest BCUT2D eigenvalue weighted by atomic mass is 9.79. The zero-order valence-electron chi connectivity index (χ0n) is 21.8. The molecule has 4 nitrogen and oxygen atoms in total. The molecular formula is C30H35BF2O4. The molecule has 1 aliphatic rings. The van der Waals surface area contributed by atoms with E-state index in [9.17, 15) is 13.4 Å². The van der Waals surface area contributed by atoms with E-state index < -0.39 is 13.4 Å². The third kappa shape index (κ3) is 8.62. The summed E-state index contributed by atoms with van der Waals surface area (Å²) in [5.41, 5.74) is 2.81. The highest BCUT2D eigenvalue weighted by Gasteiger charge is 2.31. The summed E-state index contributed by atoms with van der Waals surface area (Å²) in [6.45, 7) is 6.89. The molecule has 0 N–H and O–H groups in total. The van der Waals surface area contributed by atoms with Crippen LogP contribution in [0.25, 0.3) is 6.08 Å². The molecule has 0 saturated heterocycles. The Morgan fingerprint density at radius 2 is 1.65 bits per heavy atom. The Bertz CT molecular complexity index is 1120. The first-order chi connectivity index (χ1) is 17.9. The summed E-state index contributed by atoms with van der Waals surface area (Å²) < 4.78 is 43.0. The summed E-state index contributed by atoms with van der Waals surface area (Å²) in [6, 6.07) is 15.2. The SMILES string of the molecule is CCCCOc1ccc([C@@H]2CC(/C=C\c3cccc(OCCCC)c3)=CC(OB(F)F)=C2C(C)=O)cc1. The number of benzene rings is 2. The molecule has 0 fully saturated rings. The van der Waals surface area contributed by atoms with Gasteiger partial charge in [0.25, 0.3) is 0 Å². The van der Waals surface area contributed by atoms with Gasteiger partial charge in [-0.05, 0) is 73.2 Å². The zero-order chi connectivity index (χ0) is 26.6. The molecule has 0 amide bonds. The fourth-order valence-electron chi connectivity index (χ4n) is 4.20. The van der Waals surface area contributed by atoms with Crippen molar-refractivity contribution in [1.29, 1.82) is 0 Å². The van der Waals surface area contributed by atoms with Gasteiger partial charge in [0.15, 0.2) is 5.78 Å². The minimum Gasteiger partial charge on any atom is -0.505 e. The molecule has 0 bridgehead atoms. The Morgan fingerprint density at radius 1 is 0.973 bits per heavy atom. The van der Waals surface area contributed by atoms with Crippen molar-refractivity contribution in [3.63, 3.8) is 0 Å². The molecule has 37 heavy (non-hydrogen) atoms. The minimum atomic E-state index is -3.03. The molecule has 3 rings (SSSR count). The first kappa shape index (κ1) is 28.2. The van der Waals surface area contributed by atoms with Crippen molar-refractivity contribution >= 4 is 19.3 Å². The predicted octanol–water partition coefficient (Wildman–Crippen LogP) is 7.96. The number of halogens is 2. The van der Waals surface area contributed by atoms with Crippen LogP contribution < -0.4 is 9.47 Å². The van der Waals surface area contributed by atoms with Crippen LogP contribution in [0.5, 0.6) is 11.5 Å². The largest absolute Gasteiger partial charge is 0.796 e. The molecule has 7 heteroatoms. The molecular weight excluding hydrogens is 473 g/mol. The molecule has 2 aromatic carbocycles. The van der Waals surface area contributed by atoms with Gasteiger partial charge in [-0.15, -0.1) is 0 Å². The predicted molar refractivity (Wildman–Crippen MR) is 145 cm³/mol. The number of ketones is 1. The van der Waals surface area contributed by atoms with Crippen molar-refractivity contribution in [2.24, 2.45) is 0 Å². The average Bonchev–Trinajstić information content (AvgIpc) is 2.87. The molecule has 0 spiro atoms. The van der Waals surface area contributed by atoms with Crippen molar-refractivity contribution in [1.82, 2.24) is 0 Å². The van der Waals surface area contributed by atoms with Gasteiger partial charge in [-0.2, -0.15) is 0 Å². The van der Waals surface area contributed by atoms with E-state index in [1.807, 2.05) is 60.7 Å². The van der Waals surface area contributed by atoms with Crippen LogP contribution in [0.2, 0.25) is 0 Å². The fourth-order valence-corrected chi connectivity index (χ4v) is 4.20. The van der Waals surface area contributed by atoms with Crippen molar-refractivity contribution in [3.05, 3.63) is 88.7 Å². The topological polar surface area (TPSA) is 44.8 Å². The van der Waals surface area contributed by atoms with E-state index in [0.29, 0.717) is 19.6 Å². The molecule has 1 aliphatic carbocycles. The molecule has 2 aromatic rings. The minimum absolute atomic E-state index is 0.0849. The van der Waals surface area contributed by atoms with Gasteiger partial charge in [-0.1, -0.05) is 63.1 Å². The van der Waals surface area contributed by atoms with E-state index >= 15 is 0 Å². The smallest absolute Gasteiger partial charge is 0.505 e. The van der Waals surface area contributed by atoms with E-state index in [4.69, 9.17) is 14.1 Å². The standard InChI is InChI=1S/C30H35BF2O4/c1-4-6-17-35-26-15-13-25(14-16-26)28-20-24(21-29(37-31(32)33)30(28)22(3)34)12-11-23-9-8-10-27(19-23)36-18-7-5-2/h8-16,19,21,28H,4-7,17-18,20H2,1-3H3/b12-11-/t28-/m0/s1. The second-order valence-corrected chi connectivity index (χ2v) is 9.07. The quantitative estimate of drug-likeness (QED) is 0.192. The van der Waals surface area contributed by atoms with E-state index in [1.165, 1.54) is 6.92 Å². The van der Waals surface area contributed by atoms with Gasteiger partial charge in [-0.3, -0.25) is 4.79 Å². The van der Waals surface area contributed by atoms with Crippen molar-refractivity contribution in [2.45, 2.75) is 58.8 Å². The second kappa shape index (κ2) is 14.4. The number of hydrogen-bond donors (Lipinski definition) is 0. The molecule has 0 unspecified atom stereocenters. The number of ether oxygens (including phenoxy) is 2. The molecule has 0 saturated carbocycles. The first-order valence-corrected chi connectivity index (χ1v) is 13.0. The van der Waals surface area contributed by atoms with Gasteiger partial charge in [0.2, 0.25) is 0 Å². The summed E-state index contributed by atoms with van der Waals surface area (Å²) in [4.78, 5) is 12.6. The Labute approximate surface area is 219 Å². The number of allylic oxidation sites excluding steroid dienone is 4. The van der Waals surface area contributed by atoms with Crippen LogP contribution in [0.15, 0.2) is 77.6 Å². The number of unbranched alkanes of at least 4 members (excludes halogenated alkanes) is 2. The summed E-state index contributed by atoms with van der Waals surface area (Å²) in [6.07, 6.45) is 9.86. The Morgan fingerprint density at radius 3 is 2.27 bits per heavy atom. The van der Waals surface area contributed by atoms with Crippen LogP contribution in [0.4, 0.5) is 8.63 Å². The molecule has 0 aromatic heterocycles. The summed E-state index contributed by atoms with van der Waals surface area (Å²) in [5, 5.41) is 0. The van der Waals surface area contributed by atoms with Crippen LogP contribution in [0, 0.1) is 0 Å². The van der Waals surface area contributed by atoms with Crippen LogP contribution >= 0.6 is 0 Å². The lowest BCUT2D eigenvalue weighted by Gasteiger charge is -2.27. The van der Waals surface area contributed by atoms with Gasteiger partial charge < -0.3 is 14.1 Å². The lowest BCUT2D eigenvalue weighted by molar-refractivity contribution is -0.114. The van der Waals surface area contributed by atoms with Gasteiger partial charge >= 0.3 is 7.47 Å². The zero-order valence-corrected chi connectivity index (χ0v) is 21.8. The van der Waals surface area contributed by atoms with E-state index in [0.717, 1.165) is 53.9 Å². The maximum atomic E-state index is 13.3. The third-order valence-electron chi connectivity index (χ3n) is 6.13. The highest BCUT2D eigenvalue weighted by Crippen LogP contribution is 2.39. The average molecular weight is 508 g/mol. The van der Waals surface area contributed by atoms with Gasteiger partial charge in [0.05, 0.1) is 13.2 Å². The first-order valence-electron chi connectivity index (χ1n) is 13.0. The summed E-state index contributed by atoms with van der Waals surface area (Å²) in [5.74, 6) is 0.734. The second-order valence-electron chi connectivity index (χ2n) is 9.07. The maximum Gasteiger partial charge on any atom is 0.796 e. The fraction of sp³-hybridized carbons (Fsp3) is 0.367. The van der Waals surface area contributed by atoms with Crippen LogP contribution in [-0.2, 0) is 9.45 Å². The molecule has 0 heterocycles. The Hall–Kier alpha value is -3.35.